The molecule has 2 bridgehead atoms. The lowest BCUT2D eigenvalue weighted by molar-refractivity contribution is 0.0621. The topological polar surface area (TPSA) is 130 Å². The Labute approximate surface area is 186 Å². The van der Waals surface area contributed by atoms with Crippen LogP contribution in [0.3, 0.4) is 0 Å². The molecule has 3 aliphatic heterocycles. The van der Waals surface area contributed by atoms with Crippen LogP contribution in [0.1, 0.15) is 23.2 Å². The number of carbonyl (C=O) groups excluding carboxylic acids is 1. The van der Waals surface area contributed by atoms with Crippen LogP contribution < -0.4 is 15.8 Å². The second-order valence-electron chi connectivity index (χ2n) is 8.35. The van der Waals surface area contributed by atoms with Gasteiger partial charge < -0.3 is 15.5 Å². The van der Waals surface area contributed by atoms with Crippen molar-refractivity contribution in [3.8, 4) is 0 Å². The van der Waals surface area contributed by atoms with E-state index in [0.29, 0.717) is 28.6 Å². The molecule has 3 aliphatic rings. The van der Waals surface area contributed by atoms with Crippen LogP contribution in [-0.2, 0) is 10.0 Å². The van der Waals surface area contributed by atoms with Gasteiger partial charge in [-0.2, -0.15) is 0 Å². The third-order valence-corrected chi connectivity index (χ3v) is 7.20. The number of hydrogen-bond donors (Lipinski definition) is 3. The minimum absolute atomic E-state index is 0.0224. The molecule has 0 aliphatic carbocycles. The highest BCUT2D eigenvalue weighted by atomic mass is 32.2. The van der Waals surface area contributed by atoms with E-state index < -0.39 is 10.0 Å². The second kappa shape index (κ2) is 8.12. The monoisotopic (exact) mass is 452 g/mol. The molecule has 0 spiro atoms. The van der Waals surface area contributed by atoms with Crippen molar-refractivity contribution in [2.75, 3.05) is 25.0 Å². The SMILES string of the molecule is NS(=O)(=O)c1ccc(Nc2ncc3cccc(C(=O)N[C@@H]4CN5CCC4CC5)c3n2)cc1. The summed E-state index contributed by atoms with van der Waals surface area (Å²) >= 11 is 0. The predicted octanol–water partition coefficient (Wildman–Crippen LogP) is 1.84. The van der Waals surface area contributed by atoms with Crippen LogP contribution >= 0.6 is 0 Å². The van der Waals surface area contributed by atoms with Gasteiger partial charge in [-0.25, -0.2) is 23.5 Å². The summed E-state index contributed by atoms with van der Waals surface area (Å²) < 4.78 is 22.9. The summed E-state index contributed by atoms with van der Waals surface area (Å²) in [7, 11) is -3.76. The molecule has 10 heteroatoms. The molecule has 1 aromatic heterocycles. The second-order valence-corrected chi connectivity index (χ2v) is 9.91. The molecule has 1 amide bonds. The fourth-order valence-corrected chi connectivity index (χ4v) is 5.05. The number of primary sulfonamides is 1. The minimum atomic E-state index is -3.76. The number of nitrogens with two attached hydrogens (primary N) is 1. The number of anilines is 2. The number of fused-ring (bicyclic) bond motifs is 4. The first-order valence-corrected chi connectivity index (χ1v) is 12.1. The van der Waals surface area contributed by atoms with Crippen LogP contribution in [0.2, 0.25) is 0 Å². The molecular formula is C22H24N6O3S. The number of benzene rings is 2. The zero-order valence-electron chi connectivity index (χ0n) is 17.4. The Hall–Kier alpha value is -3.08. The van der Waals surface area contributed by atoms with Crippen LogP contribution in [0.4, 0.5) is 11.6 Å². The smallest absolute Gasteiger partial charge is 0.253 e. The van der Waals surface area contributed by atoms with Gasteiger partial charge in [-0.05, 0) is 62.2 Å². The lowest BCUT2D eigenvalue weighted by Gasteiger charge is -2.44. The van der Waals surface area contributed by atoms with E-state index in [1.54, 1.807) is 24.4 Å². The van der Waals surface area contributed by atoms with Gasteiger partial charge in [0, 0.05) is 29.9 Å². The fraction of sp³-hybridized carbons (Fsp3) is 0.318. The summed E-state index contributed by atoms with van der Waals surface area (Å²) in [6.07, 6.45) is 3.91. The number of amides is 1. The maximum Gasteiger partial charge on any atom is 0.253 e. The first-order chi connectivity index (χ1) is 15.4. The van der Waals surface area contributed by atoms with Gasteiger partial charge in [-0.1, -0.05) is 12.1 Å². The van der Waals surface area contributed by atoms with Gasteiger partial charge in [0.2, 0.25) is 16.0 Å². The van der Waals surface area contributed by atoms with Crippen molar-refractivity contribution in [2.45, 2.75) is 23.8 Å². The lowest BCUT2D eigenvalue weighted by Crippen LogP contribution is -2.57. The van der Waals surface area contributed by atoms with Crippen LogP contribution in [-0.4, -0.2) is 54.9 Å². The van der Waals surface area contributed by atoms with Gasteiger partial charge in [0.1, 0.15) is 0 Å². The largest absolute Gasteiger partial charge is 0.348 e. The fourth-order valence-electron chi connectivity index (χ4n) is 4.53. The number of nitrogens with zero attached hydrogens (tertiary/aromatic N) is 3. The number of para-hydroxylation sites is 1. The van der Waals surface area contributed by atoms with Crippen molar-refractivity contribution in [1.82, 2.24) is 20.2 Å². The van der Waals surface area contributed by atoms with Gasteiger partial charge in [-0.15, -0.1) is 0 Å². The van der Waals surface area contributed by atoms with Crippen molar-refractivity contribution >= 4 is 38.5 Å². The zero-order valence-corrected chi connectivity index (χ0v) is 18.2. The molecule has 1 atom stereocenters. The zero-order chi connectivity index (χ0) is 22.3. The third kappa shape index (κ3) is 4.16. The number of hydrogen-bond acceptors (Lipinski definition) is 7. The Morgan fingerprint density at radius 1 is 1.09 bits per heavy atom. The number of sulfonamides is 1. The number of rotatable bonds is 5. The average molecular weight is 453 g/mol. The molecule has 9 nitrogen and oxygen atoms in total. The van der Waals surface area contributed by atoms with E-state index >= 15 is 0 Å². The first kappa shape index (κ1) is 20.8. The number of aromatic nitrogens is 2. The van der Waals surface area contributed by atoms with Gasteiger partial charge in [0.05, 0.1) is 16.0 Å². The maximum atomic E-state index is 13.1. The van der Waals surface area contributed by atoms with Crippen molar-refractivity contribution in [1.29, 1.82) is 0 Å². The summed E-state index contributed by atoms with van der Waals surface area (Å²) in [5, 5.41) is 12.2. The lowest BCUT2D eigenvalue weighted by atomic mass is 9.84. The maximum absolute atomic E-state index is 13.1. The molecule has 0 saturated carbocycles. The van der Waals surface area contributed by atoms with E-state index in [-0.39, 0.29) is 16.8 Å². The summed E-state index contributed by atoms with van der Waals surface area (Å²) in [5.74, 6) is 0.714. The molecule has 0 unspecified atom stereocenters. The van der Waals surface area contributed by atoms with Gasteiger partial charge >= 0.3 is 0 Å². The van der Waals surface area contributed by atoms with E-state index in [9.17, 15) is 13.2 Å². The summed E-state index contributed by atoms with van der Waals surface area (Å²) in [6.45, 7) is 3.13. The van der Waals surface area contributed by atoms with Gasteiger partial charge in [0.15, 0.2) is 0 Å². The first-order valence-electron chi connectivity index (χ1n) is 10.6. The van der Waals surface area contributed by atoms with E-state index in [0.717, 1.165) is 37.9 Å². The number of piperidine rings is 3. The van der Waals surface area contributed by atoms with Crippen molar-refractivity contribution in [3.05, 3.63) is 54.2 Å². The van der Waals surface area contributed by atoms with Crippen LogP contribution in [0.25, 0.3) is 10.9 Å². The van der Waals surface area contributed by atoms with Gasteiger partial charge in [-0.3, -0.25) is 4.79 Å². The van der Waals surface area contributed by atoms with Crippen LogP contribution in [0, 0.1) is 5.92 Å². The molecule has 3 saturated heterocycles. The number of nitrogens with one attached hydrogen (secondary N) is 2. The summed E-state index contributed by atoms with van der Waals surface area (Å²) in [4.78, 5) is 24.4. The quantitative estimate of drug-likeness (QED) is 0.538. The molecule has 32 heavy (non-hydrogen) atoms. The van der Waals surface area contributed by atoms with Crippen LogP contribution in [0.5, 0.6) is 0 Å². The standard InChI is InChI=1S/C22H24N6O3S/c23-32(30,31)17-6-4-16(5-7-17)25-22-24-12-15-2-1-3-18(20(15)27-22)21(29)26-19-13-28-10-8-14(19)9-11-28/h1-7,12,14,19H,8-11,13H2,(H,26,29)(H2,23,30,31)(H,24,25,27)/t19-/m1/s1. The average Bonchev–Trinajstić information content (AvgIpc) is 2.79. The van der Waals surface area contributed by atoms with Crippen molar-refractivity contribution in [2.24, 2.45) is 11.1 Å². The minimum Gasteiger partial charge on any atom is -0.348 e. The molecule has 6 rings (SSSR count). The van der Waals surface area contributed by atoms with Crippen molar-refractivity contribution in [3.63, 3.8) is 0 Å². The summed E-state index contributed by atoms with van der Waals surface area (Å²) in [6, 6.07) is 11.6. The van der Waals surface area contributed by atoms with E-state index in [1.165, 1.54) is 12.1 Å². The Bertz CT molecular complexity index is 1270. The highest BCUT2D eigenvalue weighted by Gasteiger charge is 2.35. The third-order valence-electron chi connectivity index (χ3n) is 6.27. The Balaban J connectivity index is 1.38. The molecule has 4 N–H and O–H groups in total. The highest BCUT2D eigenvalue weighted by molar-refractivity contribution is 7.89. The predicted molar refractivity (Wildman–Crippen MR) is 121 cm³/mol. The molecular weight excluding hydrogens is 428 g/mol. The molecule has 0 radical (unpaired) electrons. The molecule has 4 heterocycles. The number of carbonyl (C=O) groups is 1. The Morgan fingerprint density at radius 3 is 2.50 bits per heavy atom. The summed E-state index contributed by atoms with van der Waals surface area (Å²) in [5.41, 5.74) is 1.67. The van der Waals surface area contributed by atoms with Gasteiger partial charge in [0.25, 0.3) is 5.91 Å². The highest BCUT2D eigenvalue weighted by Crippen LogP contribution is 2.28. The van der Waals surface area contributed by atoms with E-state index in [4.69, 9.17) is 5.14 Å². The molecule has 166 valence electrons. The normalized spacial score (nSPS) is 22.6. The Kier molecular flexibility index (Phi) is 5.28. The van der Waals surface area contributed by atoms with Crippen molar-refractivity contribution < 1.29 is 13.2 Å². The Morgan fingerprint density at radius 2 is 1.84 bits per heavy atom. The molecule has 3 fully saturated rings. The van der Waals surface area contributed by atoms with E-state index in [1.807, 2.05) is 12.1 Å². The van der Waals surface area contributed by atoms with Crippen LogP contribution in [0.15, 0.2) is 53.6 Å². The molecule has 3 aromatic rings. The molecule has 2 aromatic carbocycles. The van der Waals surface area contributed by atoms with E-state index in [2.05, 4.69) is 25.5 Å².